The normalized spacial score (nSPS) is 12.7. The van der Waals surface area contributed by atoms with Crippen LogP contribution < -0.4 is 10.8 Å². The molecule has 1 unspecified atom stereocenters. The molecular formula is C23H28N2O6. The lowest BCUT2D eigenvalue weighted by Crippen LogP contribution is -2.47. The number of Topliss-reactive ketones (excluding diaryl/α,β-unsaturated/α-hetero) is 1. The molecule has 0 saturated heterocycles. The molecule has 0 fully saturated rings. The van der Waals surface area contributed by atoms with Crippen molar-refractivity contribution in [3.05, 3.63) is 71.8 Å². The first-order chi connectivity index (χ1) is 15.0. The van der Waals surface area contributed by atoms with Gasteiger partial charge in [-0.15, -0.1) is 0 Å². The summed E-state index contributed by atoms with van der Waals surface area (Å²) >= 11 is 0. The van der Waals surface area contributed by atoms with Crippen molar-refractivity contribution >= 4 is 17.7 Å². The first kappa shape index (κ1) is 24.2. The number of carbonyl (C=O) groups excluding carboxylic acids is 2. The van der Waals surface area contributed by atoms with Gasteiger partial charge in [0.05, 0.1) is 19.1 Å². The van der Waals surface area contributed by atoms with E-state index in [2.05, 4.69) is 5.32 Å². The third-order valence-corrected chi connectivity index (χ3v) is 4.75. The molecule has 8 nitrogen and oxygen atoms in total. The van der Waals surface area contributed by atoms with Crippen molar-refractivity contribution in [2.75, 3.05) is 13.2 Å². The lowest BCUT2D eigenvalue weighted by molar-refractivity contribution is -0.144. The van der Waals surface area contributed by atoms with Gasteiger partial charge in [0, 0.05) is 13.0 Å². The summed E-state index contributed by atoms with van der Waals surface area (Å²) in [7, 11) is 0. The summed E-state index contributed by atoms with van der Waals surface area (Å²) in [6.07, 6.45) is 0.707. The van der Waals surface area contributed by atoms with Crippen LogP contribution in [0.2, 0.25) is 0 Å². The maximum absolute atomic E-state index is 12.7. The Morgan fingerprint density at radius 2 is 1.55 bits per heavy atom. The molecule has 0 aliphatic rings. The van der Waals surface area contributed by atoms with Crippen LogP contribution in [0.3, 0.4) is 0 Å². The Labute approximate surface area is 181 Å². The predicted molar refractivity (Wildman–Crippen MR) is 113 cm³/mol. The third kappa shape index (κ3) is 8.67. The fourth-order valence-electron chi connectivity index (χ4n) is 3.12. The van der Waals surface area contributed by atoms with Crippen LogP contribution in [-0.2, 0) is 32.1 Å². The zero-order valence-electron chi connectivity index (χ0n) is 17.2. The highest BCUT2D eigenvalue weighted by Crippen LogP contribution is 2.12. The predicted octanol–water partition coefficient (Wildman–Crippen LogP) is 1.96. The summed E-state index contributed by atoms with van der Waals surface area (Å²) in [4.78, 5) is 36.6. The fraction of sp³-hybridized carbons (Fsp3) is 0.348. The van der Waals surface area contributed by atoms with E-state index >= 15 is 0 Å². The van der Waals surface area contributed by atoms with E-state index in [0.29, 0.717) is 19.6 Å². The van der Waals surface area contributed by atoms with Gasteiger partial charge in [0.2, 0.25) is 5.91 Å². The van der Waals surface area contributed by atoms with Crippen molar-refractivity contribution in [2.24, 2.45) is 5.92 Å². The highest BCUT2D eigenvalue weighted by Gasteiger charge is 2.29. The summed E-state index contributed by atoms with van der Waals surface area (Å²) in [6, 6.07) is 17.4. The SMILES string of the molecule is O=C(O)C(Cc1ccccc1)NC(=O)[C@H](CCCOCc1ccccc1)C(=O)CNO. The number of carboxylic acids is 1. The minimum atomic E-state index is -1.19. The molecule has 1 amide bonds. The van der Waals surface area contributed by atoms with Crippen LogP contribution in [0.5, 0.6) is 0 Å². The van der Waals surface area contributed by atoms with Crippen LogP contribution in [0, 0.1) is 5.92 Å². The first-order valence-corrected chi connectivity index (χ1v) is 10.1. The highest BCUT2D eigenvalue weighted by atomic mass is 16.5. The molecule has 0 aliphatic carbocycles. The van der Waals surface area contributed by atoms with Crippen molar-refractivity contribution in [3.63, 3.8) is 0 Å². The van der Waals surface area contributed by atoms with E-state index in [1.165, 1.54) is 0 Å². The molecule has 166 valence electrons. The number of ether oxygens (including phenoxy) is 1. The first-order valence-electron chi connectivity index (χ1n) is 10.1. The second-order valence-electron chi connectivity index (χ2n) is 7.12. The van der Waals surface area contributed by atoms with Gasteiger partial charge in [-0.3, -0.25) is 9.59 Å². The van der Waals surface area contributed by atoms with Crippen molar-refractivity contribution in [2.45, 2.75) is 31.9 Å². The van der Waals surface area contributed by atoms with E-state index < -0.39 is 36.2 Å². The van der Waals surface area contributed by atoms with Crippen LogP contribution in [0.25, 0.3) is 0 Å². The van der Waals surface area contributed by atoms with Crippen molar-refractivity contribution in [3.8, 4) is 0 Å². The molecular weight excluding hydrogens is 400 g/mol. The summed E-state index contributed by atoms with van der Waals surface area (Å²) in [5, 5.41) is 20.8. The second-order valence-corrected chi connectivity index (χ2v) is 7.12. The maximum atomic E-state index is 12.7. The van der Waals surface area contributed by atoms with E-state index in [1.807, 2.05) is 36.4 Å². The largest absolute Gasteiger partial charge is 0.480 e. The molecule has 0 radical (unpaired) electrons. The monoisotopic (exact) mass is 428 g/mol. The minimum Gasteiger partial charge on any atom is -0.480 e. The molecule has 8 heteroatoms. The van der Waals surface area contributed by atoms with E-state index in [4.69, 9.17) is 9.94 Å². The molecule has 2 rings (SSSR count). The Bertz CT molecular complexity index is 828. The lowest BCUT2D eigenvalue weighted by Gasteiger charge is -2.20. The molecule has 0 heterocycles. The van der Waals surface area contributed by atoms with Gasteiger partial charge in [-0.1, -0.05) is 60.7 Å². The van der Waals surface area contributed by atoms with Gasteiger partial charge in [-0.05, 0) is 24.0 Å². The summed E-state index contributed by atoms with van der Waals surface area (Å²) in [6.45, 7) is 0.353. The van der Waals surface area contributed by atoms with E-state index in [1.54, 1.807) is 29.7 Å². The van der Waals surface area contributed by atoms with Crippen LogP contribution in [0.15, 0.2) is 60.7 Å². The Balaban J connectivity index is 1.91. The van der Waals surface area contributed by atoms with Crippen molar-refractivity contribution in [1.82, 2.24) is 10.8 Å². The average Bonchev–Trinajstić information content (AvgIpc) is 2.77. The Morgan fingerprint density at radius 1 is 0.935 bits per heavy atom. The van der Waals surface area contributed by atoms with E-state index in [-0.39, 0.29) is 12.8 Å². The van der Waals surface area contributed by atoms with Crippen LogP contribution in [0.1, 0.15) is 24.0 Å². The molecule has 2 atom stereocenters. The molecule has 0 aliphatic heterocycles. The number of amides is 1. The smallest absolute Gasteiger partial charge is 0.326 e. The summed E-state index contributed by atoms with van der Waals surface area (Å²) in [5.41, 5.74) is 3.54. The fourth-order valence-corrected chi connectivity index (χ4v) is 3.12. The molecule has 4 N–H and O–H groups in total. The maximum Gasteiger partial charge on any atom is 0.326 e. The van der Waals surface area contributed by atoms with Crippen LogP contribution in [0.4, 0.5) is 0 Å². The standard InChI is InChI=1S/C23H28N2O6/c26-21(15-24-30)19(12-7-13-31-16-18-10-5-2-6-11-18)22(27)25-20(23(28)29)14-17-8-3-1-4-9-17/h1-6,8-11,19-20,24,30H,7,12-16H2,(H,25,27)(H,28,29)/t19-,20?/m1/s1. The number of aliphatic carboxylic acids is 1. The van der Waals surface area contributed by atoms with Gasteiger partial charge in [-0.25, -0.2) is 4.79 Å². The molecule has 0 aromatic heterocycles. The van der Waals surface area contributed by atoms with E-state index in [0.717, 1.165) is 11.1 Å². The lowest BCUT2D eigenvalue weighted by atomic mass is 9.96. The molecule has 0 bridgehead atoms. The summed E-state index contributed by atoms with van der Waals surface area (Å²) in [5.74, 6) is -3.47. The van der Waals surface area contributed by atoms with E-state index in [9.17, 15) is 19.5 Å². The van der Waals surface area contributed by atoms with Gasteiger partial charge in [-0.2, -0.15) is 5.48 Å². The van der Waals surface area contributed by atoms with Gasteiger partial charge >= 0.3 is 5.97 Å². The molecule has 2 aromatic carbocycles. The number of hydroxylamine groups is 1. The van der Waals surface area contributed by atoms with Crippen molar-refractivity contribution in [1.29, 1.82) is 0 Å². The number of carboxylic acid groups (broad SMARTS) is 1. The average molecular weight is 428 g/mol. The van der Waals surface area contributed by atoms with Gasteiger partial charge in [0.1, 0.15) is 6.04 Å². The Hall–Kier alpha value is -3.07. The number of hydrogen-bond acceptors (Lipinski definition) is 6. The zero-order valence-corrected chi connectivity index (χ0v) is 17.2. The number of benzene rings is 2. The summed E-state index contributed by atoms with van der Waals surface area (Å²) < 4.78 is 5.59. The number of rotatable bonds is 14. The number of nitrogens with one attached hydrogen (secondary N) is 2. The highest BCUT2D eigenvalue weighted by molar-refractivity contribution is 6.03. The van der Waals surface area contributed by atoms with Crippen LogP contribution in [-0.4, -0.2) is 47.2 Å². The Kier molecular flexibility index (Phi) is 10.4. The number of carbonyl (C=O) groups is 3. The van der Waals surface area contributed by atoms with Gasteiger partial charge in [0.15, 0.2) is 5.78 Å². The Morgan fingerprint density at radius 3 is 2.13 bits per heavy atom. The molecule has 2 aromatic rings. The third-order valence-electron chi connectivity index (χ3n) is 4.75. The molecule has 0 saturated carbocycles. The van der Waals surface area contributed by atoms with Crippen LogP contribution >= 0.6 is 0 Å². The van der Waals surface area contributed by atoms with Gasteiger partial charge < -0.3 is 20.4 Å². The number of ketones is 1. The molecule has 0 spiro atoms. The van der Waals surface area contributed by atoms with Crippen molar-refractivity contribution < 1.29 is 29.4 Å². The minimum absolute atomic E-state index is 0.0985. The topological polar surface area (TPSA) is 125 Å². The van der Waals surface area contributed by atoms with Gasteiger partial charge in [0.25, 0.3) is 0 Å². The second kappa shape index (κ2) is 13.3. The zero-order chi connectivity index (χ0) is 22.5. The quantitative estimate of drug-likeness (QED) is 0.206. The molecule has 31 heavy (non-hydrogen) atoms. The number of hydrogen-bond donors (Lipinski definition) is 4.